The number of ether oxygens (including phenoxy) is 2. The van der Waals surface area contributed by atoms with Crippen LogP contribution in [-0.2, 0) is 14.3 Å². The van der Waals surface area contributed by atoms with Crippen LogP contribution >= 0.6 is 11.8 Å². The smallest absolute Gasteiger partial charge is 0.306 e. The van der Waals surface area contributed by atoms with Gasteiger partial charge in [-0.05, 0) is 30.9 Å². The van der Waals surface area contributed by atoms with Crippen molar-refractivity contribution in [2.45, 2.75) is 32.3 Å². The molecule has 5 heteroatoms. The molecule has 1 saturated carbocycles. The predicted octanol–water partition coefficient (Wildman–Crippen LogP) is 1.46. The largest absolute Gasteiger partial charge is 0.469 e. The van der Waals surface area contributed by atoms with Crippen LogP contribution in [0.15, 0.2) is 0 Å². The number of aliphatic hydroxyl groups excluding tert-OH is 1. The van der Waals surface area contributed by atoms with Gasteiger partial charge in [0.25, 0.3) is 0 Å². The minimum absolute atomic E-state index is 0.127. The second-order valence-corrected chi connectivity index (χ2v) is 5.61. The Morgan fingerprint density at radius 1 is 1.53 bits per heavy atom. The van der Waals surface area contributed by atoms with Gasteiger partial charge in [0, 0.05) is 12.4 Å². The first kappa shape index (κ1) is 14.8. The van der Waals surface area contributed by atoms with Crippen LogP contribution in [0.25, 0.3) is 0 Å². The van der Waals surface area contributed by atoms with E-state index in [-0.39, 0.29) is 11.4 Å². The second-order valence-electron chi connectivity index (χ2n) is 4.58. The van der Waals surface area contributed by atoms with Gasteiger partial charge >= 0.3 is 5.97 Å². The molecule has 0 aliphatic heterocycles. The maximum Gasteiger partial charge on any atom is 0.306 e. The van der Waals surface area contributed by atoms with Crippen LogP contribution in [-0.4, -0.2) is 49.0 Å². The summed E-state index contributed by atoms with van der Waals surface area (Å²) < 4.78 is 9.83. The first-order chi connectivity index (χ1) is 8.12. The normalized spacial score (nSPS) is 18.8. The van der Waals surface area contributed by atoms with Crippen LogP contribution in [0.3, 0.4) is 0 Å². The number of carbonyl (C=O) groups is 1. The Bertz CT molecular complexity index is 241. The molecule has 1 atom stereocenters. The Morgan fingerprint density at radius 3 is 2.76 bits per heavy atom. The zero-order valence-corrected chi connectivity index (χ0v) is 11.4. The van der Waals surface area contributed by atoms with Crippen molar-refractivity contribution in [2.24, 2.45) is 5.41 Å². The van der Waals surface area contributed by atoms with Crippen LogP contribution in [0, 0.1) is 5.41 Å². The minimum Gasteiger partial charge on any atom is -0.469 e. The average Bonchev–Trinajstić information content (AvgIpc) is 3.06. The summed E-state index contributed by atoms with van der Waals surface area (Å²) >= 11 is 1.70. The van der Waals surface area contributed by atoms with E-state index >= 15 is 0 Å². The molecular weight excluding hydrogens is 240 g/mol. The number of aliphatic hydroxyl groups is 1. The first-order valence-electron chi connectivity index (χ1n) is 6.02. The van der Waals surface area contributed by atoms with Gasteiger partial charge in [-0.25, -0.2) is 0 Å². The van der Waals surface area contributed by atoms with Gasteiger partial charge < -0.3 is 14.6 Å². The van der Waals surface area contributed by atoms with Gasteiger partial charge in [0.2, 0.25) is 0 Å². The molecule has 1 fully saturated rings. The van der Waals surface area contributed by atoms with Crippen molar-refractivity contribution in [1.82, 2.24) is 0 Å². The zero-order valence-electron chi connectivity index (χ0n) is 10.6. The molecule has 0 bridgehead atoms. The molecular formula is C12H22O4S. The van der Waals surface area contributed by atoms with E-state index in [1.165, 1.54) is 7.11 Å². The van der Waals surface area contributed by atoms with E-state index in [2.05, 4.69) is 4.74 Å². The van der Waals surface area contributed by atoms with Gasteiger partial charge in [0.15, 0.2) is 0 Å². The van der Waals surface area contributed by atoms with E-state index in [0.29, 0.717) is 25.4 Å². The second kappa shape index (κ2) is 7.24. The minimum atomic E-state index is -0.408. The zero-order chi connectivity index (χ0) is 12.7. The number of hydrogen-bond acceptors (Lipinski definition) is 5. The molecule has 1 aliphatic carbocycles. The van der Waals surface area contributed by atoms with Gasteiger partial charge in [-0.2, -0.15) is 11.8 Å². The summed E-state index contributed by atoms with van der Waals surface area (Å²) in [7, 11) is 1.43. The van der Waals surface area contributed by atoms with Crippen LogP contribution in [0.4, 0.5) is 0 Å². The fourth-order valence-corrected chi connectivity index (χ4v) is 2.95. The SMILES string of the molecule is CCOCC(O)CSCC1(CC(=O)OC)CC1. The molecule has 17 heavy (non-hydrogen) atoms. The van der Waals surface area contributed by atoms with Gasteiger partial charge in [0.1, 0.15) is 0 Å². The van der Waals surface area contributed by atoms with Crippen molar-refractivity contribution < 1.29 is 19.4 Å². The highest BCUT2D eigenvalue weighted by atomic mass is 32.2. The third kappa shape index (κ3) is 5.75. The Kier molecular flexibility index (Phi) is 6.30. The van der Waals surface area contributed by atoms with E-state index < -0.39 is 6.10 Å². The van der Waals surface area contributed by atoms with Crippen molar-refractivity contribution in [3.63, 3.8) is 0 Å². The molecule has 1 unspecified atom stereocenters. The molecule has 1 N–H and O–H groups in total. The van der Waals surface area contributed by atoms with Gasteiger partial charge in [-0.1, -0.05) is 0 Å². The summed E-state index contributed by atoms with van der Waals surface area (Å²) in [6, 6.07) is 0. The molecule has 0 aromatic rings. The summed E-state index contributed by atoms with van der Waals surface area (Å²) in [5.74, 6) is 1.46. The Labute approximate surface area is 107 Å². The molecule has 100 valence electrons. The van der Waals surface area contributed by atoms with E-state index in [1.807, 2.05) is 6.92 Å². The molecule has 0 aromatic carbocycles. The van der Waals surface area contributed by atoms with Crippen molar-refractivity contribution in [2.75, 3.05) is 31.8 Å². The molecule has 0 spiro atoms. The summed E-state index contributed by atoms with van der Waals surface area (Å²) in [5.41, 5.74) is 0.142. The lowest BCUT2D eigenvalue weighted by molar-refractivity contribution is -0.141. The third-order valence-electron chi connectivity index (χ3n) is 2.94. The van der Waals surface area contributed by atoms with Gasteiger partial charge in [-0.15, -0.1) is 0 Å². The van der Waals surface area contributed by atoms with E-state index in [1.54, 1.807) is 11.8 Å². The fraction of sp³-hybridized carbons (Fsp3) is 0.917. The van der Waals surface area contributed by atoms with Crippen molar-refractivity contribution in [1.29, 1.82) is 0 Å². The lowest BCUT2D eigenvalue weighted by atomic mass is 10.1. The van der Waals surface area contributed by atoms with Crippen LogP contribution in [0.1, 0.15) is 26.2 Å². The molecule has 1 rings (SSSR count). The molecule has 1 aliphatic rings. The summed E-state index contributed by atoms with van der Waals surface area (Å²) in [5, 5.41) is 9.59. The Hall–Kier alpha value is -0.260. The summed E-state index contributed by atoms with van der Waals surface area (Å²) in [4.78, 5) is 11.2. The Morgan fingerprint density at radius 2 is 2.24 bits per heavy atom. The number of hydrogen-bond donors (Lipinski definition) is 1. The highest BCUT2D eigenvalue weighted by molar-refractivity contribution is 7.99. The first-order valence-corrected chi connectivity index (χ1v) is 7.18. The molecule has 4 nitrogen and oxygen atoms in total. The van der Waals surface area contributed by atoms with Crippen LogP contribution < -0.4 is 0 Å². The number of carbonyl (C=O) groups excluding carboxylic acids is 1. The molecule has 0 radical (unpaired) electrons. The van der Waals surface area contributed by atoms with Crippen molar-refractivity contribution in [3.8, 4) is 0 Å². The highest BCUT2D eigenvalue weighted by Crippen LogP contribution is 2.51. The van der Waals surface area contributed by atoms with Crippen molar-refractivity contribution in [3.05, 3.63) is 0 Å². The summed E-state index contributed by atoms with van der Waals surface area (Å²) in [6.45, 7) is 2.94. The van der Waals surface area contributed by atoms with E-state index in [4.69, 9.17) is 4.74 Å². The van der Waals surface area contributed by atoms with Gasteiger partial charge in [0.05, 0.1) is 26.2 Å². The quantitative estimate of drug-likeness (QED) is 0.638. The van der Waals surface area contributed by atoms with Crippen LogP contribution in [0.5, 0.6) is 0 Å². The average molecular weight is 262 g/mol. The monoisotopic (exact) mass is 262 g/mol. The van der Waals surface area contributed by atoms with Gasteiger partial charge in [-0.3, -0.25) is 4.79 Å². The van der Waals surface area contributed by atoms with E-state index in [9.17, 15) is 9.90 Å². The maximum absolute atomic E-state index is 11.2. The molecule has 0 amide bonds. The number of thioether (sulfide) groups is 1. The fourth-order valence-electron chi connectivity index (χ4n) is 1.64. The standard InChI is InChI=1S/C12H22O4S/c1-3-16-7-10(13)8-17-9-12(4-5-12)6-11(14)15-2/h10,13H,3-9H2,1-2H3. The van der Waals surface area contributed by atoms with Crippen LogP contribution in [0.2, 0.25) is 0 Å². The molecule has 0 saturated heterocycles. The lowest BCUT2D eigenvalue weighted by Crippen LogP contribution is -2.20. The topological polar surface area (TPSA) is 55.8 Å². The Balaban J connectivity index is 2.11. The highest BCUT2D eigenvalue weighted by Gasteiger charge is 2.44. The number of methoxy groups -OCH3 is 1. The molecule has 0 aromatic heterocycles. The number of rotatable bonds is 9. The lowest BCUT2D eigenvalue weighted by Gasteiger charge is -2.15. The van der Waals surface area contributed by atoms with E-state index in [0.717, 1.165) is 18.6 Å². The maximum atomic E-state index is 11.2. The number of esters is 1. The molecule has 0 heterocycles. The third-order valence-corrected chi connectivity index (χ3v) is 4.37. The van der Waals surface area contributed by atoms with Crippen molar-refractivity contribution >= 4 is 17.7 Å². The predicted molar refractivity (Wildman–Crippen MR) is 68.1 cm³/mol. The summed E-state index contributed by atoms with van der Waals surface area (Å²) in [6.07, 6.45) is 2.29.